The lowest BCUT2D eigenvalue weighted by Crippen LogP contribution is -2.55. The van der Waals surface area contributed by atoms with Crippen LogP contribution in [0.2, 0.25) is 5.02 Å². The Labute approximate surface area is 197 Å². The fourth-order valence-electron chi connectivity index (χ4n) is 4.69. The maximum absolute atomic E-state index is 14.8. The molecule has 0 saturated carbocycles. The lowest BCUT2D eigenvalue weighted by Gasteiger charge is -2.45. The van der Waals surface area contributed by atoms with Crippen molar-refractivity contribution in [3.05, 3.63) is 77.3 Å². The van der Waals surface area contributed by atoms with Crippen LogP contribution in [0.3, 0.4) is 0 Å². The predicted octanol–water partition coefficient (Wildman–Crippen LogP) is 4.09. The number of aromatic nitrogens is 3. The number of hydrogen-bond donors (Lipinski definition) is 1. The summed E-state index contributed by atoms with van der Waals surface area (Å²) in [6.07, 6.45) is 4.61. The third-order valence-electron chi connectivity index (χ3n) is 6.79. The van der Waals surface area contributed by atoms with E-state index in [-0.39, 0.29) is 12.1 Å². The standard InChI is InChI=1S/C24H28ClF2N5O/c1-17(31-11-9-21(10-12-31)30(2)20-6-3-18(25)4-7-20)24(33,14-32-16-28-15-29-32)22-8-5-19(26)13-23(22)27/h3-8,13,15-17,21,33H,9-12,14H2,1-2H3/t17-,24-/m1/s1. The lowest BCUT2D eigenvalue weighted by atomic mass is 9.84. The third-order valence-corrected chi connectivity index (χ3v) is 7.04. The van der Waals surface area contributed by atoms with Crippen LogP contribution < -0.4 is 4.90 Å². The van der Waals surface area contributed by atoms with Crippen LogP contribution in [-0.2, 0) is 12.1 Å². The monoisotopic (exact) mass is 475 g/mol. The highest BCUT2D eigenvalue weighted by Crippen LogP contribution is 2.34. The molecule has 0 unspecified atom stereocenters. The van der Waals surface area contributed by atoms with E-state index in [4.69, 9.17) is 11.6 Å². The van der Waals surface area contributed by atoms with Crippen LogP contribution in [0.5, 0.6) is 0 Å². The van der Waals surface area contributed by atoms with Gasteiger partial charge in [0.05, 0.1) is 6.54 Å². The zero-order chi connectivity index (χ0) is 23.6. The average Bonchev–Trinajstić information content (AvgIpc) is 3.31. The molecule has 0 bridgehead atoms. The Bertz CT molecular complexity index is 1060. The van der Waals surface area contributed by atoms with Crippen molar-refractivity contribution in [2.75, 3.05) is 25.0 Å². The van der Waals surface area contributed by atoms with E-state index in [9.17, 15) is 13.9 Å². The minimum Gasteiger partial charge on any atom is -0.381 e. The van der Waals surface area contributed by atoms with Crippen LogP contribution in [0.25, 0.3) is 0 Å². The second kappa shape index (κ2) is 9.75. The molecule has 2 atom stereocenters. The molecule has 0 spiro atoms. The Morgan fingerprint density at radius 1 is 1.18 bits per heavy atom. The van der Waals surface area contributed by atoms with E-state index in [1.165, 1.54) is 29.5 Å². The quantitative estimate of drug-likeness (QED) is 0.558. The Hall–Kier alpha value is -2.55. The minimum absolute atomic E-state index is 0.00131. The van der Waals surface area contributed by atoms with Gasteiger partial charge in [0.1, 0.15) is 29.9 Å². The summed E-state index contributed by atoms with van der Waals surface area (Å²) < 4.78 is 29.9. The molecule has 2 heterocycles. The molecule has 4 rings (SSSR count). The second-order valence-corrected chi connectivity index (χ2v) is 9.11. The molecule has 0 radical (unpaired) electrons. The van der Waals surface area contributed by atoms with Gasteiger partial charge in [0.25, 0.3) is 0 Å². The number of benzene rings is 2. The van der Waals surface area contributed by atoms with Crippen molar-refractivity contribution in [3.63, 3.8) is 0 Å². The third kappa shape index (κ3) is 5.03. The highest BCUT2D eigenvalue weighted by atomic mass is 35.5. The molecule has 1 aliphatic heterocycles. The molecule has 9 heteroatoms. The molecule has 3 aromatic rings. The highest BCUT2D eigenvalue weighted by molar-refractivity contribution is 6.30. The van der Waals surface area contributed by atoms with Crippen molar-refractivity contribution >= 4 is 17.3 Å². The molecule has 1 aliphatic rings. The predicted molar refractivity (Wildman–Crippen MR) is 124 cm³/mol. The first-order valence-corrected chi connectivity index (χ1v) is 11.4. The zero-order valence-electron chi connectivity index (χ0n) is 18.7. The van der Waals surface area contributed by atoms with Gasteiger partial charge in [-0.3, -0.25) is 4.90 Å². The minimum atomic E-state index is -1.62. The molecule has 6 nitrogen and oxygen atoms in total. The Kier molecular flexibility index (Phi) is 6.97. The van der Waals surface area contributed by atoms with Crippen molar-refractivity contribution in [1.82, 2.24) is 19.7 Å². The van der Waals surface area contributed by atoms with E-state index in [1.54, 1.807) is 0 Å². The van der Waals surface area contributed by atoms with E-state index < -0.39 is 23.3 Å². The maximum atomic E-state index is 14.8. The number of hydrogen-bond acceptors (Lipinski definition) is 5. The van der Waals surface area contributed by atoms with Crippen molar-refractivity contribution in [2.24, 2.45) is 0 Å². The average molecular weight is 476 g/mol. The smallest absolute Gasteiger partial charge is 0.137 e. The number of halogens is 3. The number of likely N-dealkylation sites (tertiary alicyclic amines) is 1. The van der Waals surface area contributed by atoms with Crippen molar-refractivity contribution < 1.29 is 13.9 Å². The van der Waals surface area contributed by atoms with Gasteiger partial charge in [0.2, 0.25) is 0 Å². The fourth-order valence-corrected chi connectivity index (χ4v) is 4.82. The summed E-state index contributed by atoms with van der Waals surface area (Å²) in [5, 5.41) is 16.6. The first-order chi connectivity index (χ1) is 15.8. The van der Waals surface area contributed by atoms with Gasteiger partial charge in [-0.15, -0.1) is 0 Å². The summed E-state index contributed by atoms with van der Waals surface area (Å²) >= 11 is 6.01. The van der Waals surface area contributed by atoms with Gasteiger partial charge >= 0.3 is 0 Å². The zero-order valence-corrected chi connectivity index (χ0v) is 19.5. The Balaban J connectivity index is 1.52. The summed E-state index contributed by atoms with van der Waals surface area (Å²) in [4.78, 5) is 8.34. The van der Waals surface area contributed by atoms with Gasteiger partial charge in [-0.25, -0.2) is 18.4 Å². The normalized spacial score (nSPS) is 18.1. The summed E-state index contributed by atoms with van der Waals surface area (Å²) in [5.41, 5.74) is -0.477. The van der Waals surface area contributed by atoms with E-state index in [0.29, 0.717) is 11.1 Å². The van der Waals surface area contributed by atoms with Crippen molar-refractivity contribution in [1.29, 1.82) is 0 Å². The SMILES string of the molecule is C[C@@H](N1CCC(N(C)c2ccc(Cl)cc2)CC1)[C@](O)(Cn1cncn1)c1ccc(F)cc1F. The lowest BCUT2D eigenvalue weighted by molar-refractivity contribution is -0.0690. The number of rotatable bonds is 7. The Morgan fingerprint density at radius 2 is 1.88 bits per heavy atom. The van der Waals surface area contributed by atoms with Crippen molar-refractivity contribution in [3.8, 4) is 0 Å². The first-order valence-electron chi connectivity index (χ1n) is 11.0. The van der Waals surface area contributed by atoms with E-state index in [0.717, 1.165) is 37.7 Å². The Morgan fingerprint density at radius 3 is 2.48 bits per heavy atom. The number of nitrogens with zero attached hydrogens (tertiary/aromatic N) is 5. The van der Waals surface area contributed by atoms with E-state index in [2.05, 4.69) is 26.9 Å². The van der Waals surface area contributed by atoms with Crippen LogP contribution in [0, 0.1) is 11.6 Å². The van der Waals surface area contributed by atoms with Crippen LogP contribution in [0.1, 0.15) is 25.3 Å². The van der Waals surface area contributed by atoms with Gasteiger partial charge in [-0.1, -0.05) is 17.7 Å². The van der Waals surface area contributed by atoms with E-state index >= 15 is 0 Å². The summed E-state index contributed by atoms with van der Waals surface area (Å²) in [7, 11) is 2.07. The molecule has 0 amide bonds. The number of aliphatic hydroxyl groups is 1. The topological polar surface area (TPSA) is 57.4 Å². The molecular formula is C24H28ClF2N5O. The molecule has 33 heavy (non-hydrogen) atoms. The fraction of sp³-hybridized carbons (Fsp3) is 0.417. The largest absolute Gasteiger partial charge is 0.381 e. The van der Waals surface area contributed by atoms with Gasteiger partial charge in [-0.05, 0) is 50.1 Å². The summed E-state index contributed by atoms with van der Waals surface area (Å²) in [6.45, 7) is 3.34. The first kappa shape index (κ1) is 23.6. The molecule has 0 aliphatic carbocycles. The molecule has 1 saturated heterocycles. The number of piperidine rings is 1. The molecule has 1 N–H and O–H groups in total. The maximum Gasteiger partial charge on any atom is 0.137 e. The molecule has 1 fully saturated rings. The second-order valence-electron chi connectivity index (χ2n) is 8.67. The highest BCUT2D eigenvalue weighted by Gasteiger charge is 2.43. The van der Waals surface area contributed by atoms with Crippen LogP contribution in [-0.4, -0.2) is 57.0 Å². The summed E-state index contributed by atoms with van der Waals surface area (Å²) in [6, 6.07) is 11.0. The molecule has 2 aromatic carbocycles. The molecule has 1 aromatic heterocycles. The summed E-state index contributed by atoms with van der Waals surface area (Å²) in [5.74, 6) is -1.46. The van der Waals surface area contributed by atoms with Crippen LogP contribution in [0.15, 0.2) is 55.1 Å². The van der Waals surface area contributed by atoms with E-state index in [1.807, 2.05) is 31.2 Å². The van der Waals surface area contributed by atoms with Gasteiger partial charge < -0.3 is 10.0 Å². The molecular weight excluding hydrogens is 448 g/mol. The number of anilines is 1. The van der Waals surface area contributed by atoms with Gasteiger partial charge in [-0.2, -0.15) is 5.10 Å². The molecule has 176 valence electrons. The van der Waals surface area contributed by atoms with Gasteiger partial charge in [0, 0.05) is 54.6 Å². The van der Waals surface area contributed by atoms with Crippen LogP contribution in [0.4, 0.5) is 14.5 Å². The van der Waals surface area contributed by atoms with Crippen molar-refractivity contribution in [2.45, 2.75) is 44.0 Å². The van der Waals surface area contributed by atoms with Crippen LogP contribution >= 0.6 is 11.6 Å². The van der Waals surface area contributed by atoms with Gasteiger partial charge in [0.15, 0.2) is 0 Å².